The third-order valence-electron chi connectivity index (χ3n) is 4.34. The minimum Gasteiger partial charge on any atom is -0.272 e. The summed E-state index contributed by atoms with van der Waals surface area (Å²) in [6.45, 7) is 1.63. The average molecular weight is 501 g/mol. The van der Waals surface area contributed by atoms with Gasteiger partial charge in [0.25, 0.3) is 5.91 Å². The Morgan fingerprint density at radius 3 is 2.48 bits per heavy atom. The van der Waals surface area contributed by atoms with Crippen molar-refractivity contribution in [3.8, 4) is 0 Å². The largest absolute Gasteiger partial charge is 0.272 e. The third-order valence-corrected chi connectivity index (χ3v) is 6.67. The number of aryl methyl sites for hydroxylation is 1. The zero-order valence-electron chi connectivity index (χ0n) is 16.8. The molecule has 1 heterocycles. The summed E-state index contributed by atoms with van der Waals surface area (Å²) in [5.74, 6) is -0.548. The Hall–Kier alpha value is -2.88. The smallest absolute Gasteiger partial charge is 0.255 e. The summed E-state index contributed by atoms with van der Waals surface area (Å²) in [4.78, 5) is 16.5. The molecule has 9 heteroatoms. The SMILES string of the molecule is Cc1ccc(CN(CC(=O)N/N=C\c2cccnc2)S(=O)(=O)c2ccc(Br)cc2)cc1. The van der Waals surface area contributed by atoms with Crippen molar-refractivity contribution in [2.75, 3.05) is 6.54 Å². The zero-order chi connectivity index (χ0) is 22.3. The van der Waals surface area contributed by atoms with Crippen molar-refractivity contribution in [3.05, 3.63) is 94.2 Å². The average Bonchev–Trinajstić information content (AvgIpc) is 2.76. The van der Waals surface area contributed by atoms with Gasteiger partial charge in [-0.25, -0.2) is 13.8 Å². The molecule has 0 radical (unpaired) electrons. The van der Waals surface area contributed by atoms with Gasteiger partial charge in [-0.3, -0.25) is 9.78 Å². The van der Waals surface area contributed by atoms with Gasteiger partial charge >= 0.3 is 0 Å². The van der Waals surface area contributed by atoms with Gasteiger partial charge in [-0.1, -0.05) is 51.8 Å². The highest BCUT2D eigenvalue weighted by Crippen LogP contribution is 2.21. The van der Waals surface area contributed by atoms with Gasteiger partial charge in [0.2, 0.25) is 10.0 Å². The molecule has 0 saturated heterocycles. The van der Waals surface area contributed by atoms with Gasteiger partial charge in [-0.15, -0.1) is 0 Å². The lowest BCUT2D eigenvalue weighted by Crippen LogP contribution is -2.39. The number of amides is 1. The van der Waals surface area contributed by atoms with Crippen molar-refractivity contribution in [2.24, 2.45) is 5.10 Å². The van der Waals surface area contributed by atoms with Crippen LogP contribution in [-0.4, -0.2) is 36.4 Å². The molecule has 31 heavy (non-hydrogen) atoms. The molecule has 3 rings (SSSR count). The summed E-state index contributed by atoms with van der Waals surface area (Å²) in [5.41, 5.74) is 4.93. The molecule has 1 aromatic heterocycles. The van der Waals surface area contributed by atoms with E-state index in [0.29, 0.717) is 5.56 Å². The molecule has 0 atom stereocenters. The first-order valence-corrected chi connectivity index (χ1v) is 11.6. The van der Waals surface area contributed by atoms with E-state index >= 15 is 0 Å². The van der Waals surface area contributed by atoms with Crippen LogP contribution in [-0.2, 0) is 21.4 Å². The number of rotatable bonds is 8. The molecule has 2 aromatic carbocycles. The van der Waals surface area contributed by atoms with E-state index in [4.69, 9.17) is 0 Å². The van der Waals surface area contributed by atoms with Crippen LogP contribution in [0.25, 0.3) is 0 Å². The number of carbonyl (C=O) groups excluding carboxylic acids is 1. The van der Waals surface area contributed by atoms with Gasteiger partial charge in [0.1, 0.15) is 0 Å². The van der Waals surface area contributed by atoms with Crippen molar-refractivity contribution in [1.29, 1.82) is 0 Å². The summed E-state index contributed by atoms with van der Waals surface area (Å²) < 4.78 is 28.4. The lowest BCUT2D eigenvalue weighted by Gasteiger charge is -2.21. The van der Waals surface area contributed by atoms with Gasteiger partial charge < -0.3 is 0 Å². The number of pyridine rings is 1. The maximum Gasteiger partial charge on any atom is 0.255 e. The topological polar surface area (TPSA) is 91.7 Å². The predicted octanol–water partition coefficient (Wildman–Crippen LogP) is 3.49. The van der Waals surface area contributed by atoms with E-state index in [2.05, 4.69) is 31.4 Å². The van der Waals surface area contributed by atoms with Crippen LogP contribution in [0.2, 0.25) is 0 Å². The molecule has 0 bridgehead atoms. The van der Waals surface area contributed by atoms with Crippen LogP contribution in [0.5, 0.6) is 0 Å². The van der Waals surface area contributed by atoms with Crippen LogP contribution >= 0.6 is 15.9 Å². The fourth-order valence-corrected chi connectivity index (χ4v) is 4.35. The second kappa shape index (κ2) is 10.4. The normalized spacial score (nSPS) is 11.7. The minimum absolute atomic E-state index is 0.0540. The molecule has 0 aliphatic carbocycles. The van der Waals surface area contributed by atoms with E-state index in [-0.39, 0.29) is 18.0 Å². The first kappa shape index (κ1) is 22.8. The number of sulfonamides is 1. The molecular weight excluding hydrogens is 480 g/mol. The number of benzene rings is 2. The molecule has 1 amide bonds. The lowest BCUT2D eigenvalue weighted by atomic mass is 10.1. The van der Waals surface area contributed by atoms with E-state index in [1.165, 1.54) is 18.3 Å². The number of halogens is 1. The van der Waals surface area contributed by atoms with Crippen LogP contribution in [0.1, 0.15) is 16.7 Å². The van der Waals surface area contributed by atoms with E-state index in [1.54, 1.807) is 36.7 Å². The van der Waals surface area contributed by atoms with Crippen LogP contribution < -0.4 is 5.43 Å². The number of hydrazone groups is 1. The Kier molecular flexibility index (Phi) is 7.67. The summed E-state index contributed by atoms with van der Waals surface area (Å²) in [7, 11) is -3.91. The molecular formula is C22H21BrN4O3S. The molecule has 0 saturated carbocycles. The molecule has 0 aliphatic rings. The van der Waals surface area contributed by atoms with Gasteiger partial charge in [0.15, 0.2) is 0 Å². The van der Waals surface area contributed by atoms with Crippen molar-refractivity contribution >= 4 is 38.1 Å². The van der Waals surface area contributed by atoms with Crippen LogP contribution in [0.3, 0.4) is 0 Å². The van der Waals surface area contributed by atoms with Gasteiger partial charge in [-0.05, 0) is 42.8 Å². The Morgan fingerprint density at radius 2 is 1.84 bits per heavy atom. The first-order chi connectivity index (χ1) is 14.8. The fourth-order valence-electron chi connectivity index (χ4n) is 2.71. The molecule has 3 aromatic rings. The van der Waals surface area contributed by atoms with Gasteiger partial charge in [0, 0.05) is 29.0 Å². The molecule has 0 aliphatic heterocycles. The van der Waals surface area contributed by atoms with Crippen LogP contribution in [0.15, 0.2) is 87.5 Å². The van der Waals surface area contributed by atoms with Gasteiger partial charge in [-0.2, -0.15) is 9.41 Å². The highest BCUT2D eigenvalue weighted by molar-refractivity contribution is 9.10. The van der Waals surface area contributed by atoms with Gasteiger partial charge in [0.05, 0.1) is 17.7 Å². The number of aromatic nitrogens is 1. The molecule has 1 N–H and O–H groups in total. The Bertz CT molecular complexity index is 1150. The maximum atomic E-state index is 13.2. The number of hydrogen-bond donors (Lipinski definition) is 1. The maximum absolute atomic E-state index is 13.2. The summed E-state index contributed by atoms with van der Waals surface area (Å²) in [6, 6.07) is 17.3. The zero-order valence-corrected chi connectivity index (χ0v) is 19.2. The number of nitrogens with zero attached hydrogens (tertiary/aromatic N) is 3. The Morgan fingerprint density at radius 1 is 1.13 bits per heavy atom. The minimum atomic E-state index is -3.91. The second-order valence-electron chi connectivity index (χ2n) is 6.79. The molecule has 160 valence electrons. The lowest BCUT2D eigenvalue weighted by molar-refractivity contribution is -0.121. The number of carbonyl (C=O) groups is 1. The number of hydrogen-bond acceptors (Lipinski definition) is 5. The summed E-state index contributed by atoms with van der Waals surface area (Å²) in [5, 5.41) is 3.89. The highest BCUT2D eigenvalue weighted by Gasteiger charge is 2.27. The highest BCUT2D eigenvalue weighted by atomic mass is 79.9. The fraction of sp³-hybridized carbons (Fsp3) is 0.136. The van der Waals surface area contributed by atoms with Crippen molar-refractivity contribution in [2.45, 2.75) is 18.4 Å². The molecule has 0 spiro atoms. The Labute approximate surface area is 190 Å². The number of nitrogens with one attached hydrogen (secondary N) is 1. The van der Waals surface area contributed by atoms with Crippen molar-refractivity contribution in [3.63, 3.8) is 0 Å². The van der Waals surface area contributed by atoms with E-state index in [9.17, 15) is 13.2 Å². The van der Waals surface area contributed by atoms with Crippen molar-refractivity contribution in [1.82, 2.24) is 14.7 Å². The van der Waals surface area contributed by atoms with E-state index in [0.717, 1.165) is 19.9 Å². The third kappa shape index (κ3) is 6.55. The van der Waals surface area contributed by atoms with E-state index in [1.807, 2.05) is 31.2 Å². The monoisotopic (exact) mass is 500 g/mol. The van der Waals surface area contributed by atoms with E-state index < -0.39 is 15.9 Å². The first-order valence-electron chi connectivity index (χ1n) is 9.38. The standard InChI is InChI=1S/C22H21BrN4O3S/c1-17-4-6-18(7-5-17)15-27(31(29,30)21-10-8-20(23)9-11-21)16-22(28)26-25-14-19-3-2-12-24-13-19/h2-14H,15-16H2,1H3,(H,26,28)/b25-14-. The van der Waals surface area contributed by atoms with Crippen LogP contribution in [0, 0.1) is 6.92 Å². The second-order valence-corrected chi connectivity index (χ2v) is 9.65. The van der Waals surface area contributed by atoms with Crippen LogP contribution in [0.4, 0.5) is 0 Å². The summed E-state index contributed by atoms with van der Waals surface area (Å²) >= 11 is 3.30. The molecule has 0 fully saturated rings. The Balaban J connectivity index is 1.79. The van der Waals surface area contributed by atoms with Crippen molar-refractivity contribution < 1.29 is 13.2 Å². The molecule has 0 unspecified atom stereocenters. The summed E-state index contributed by atoms with van der Waals surface area (Å²) in [6.07, 6.45) is 4.67. The quantitative estimate of drug-likeness (QED) is 0.378. The molecule has 7 nitrogen and oxygen atoms in total. The predicted molar refractivity (Wildman–Crippen MR) is 123 cm³/mol.